The van der Waals surface area contributed by atoms with E-state index >= 15 is 0 Å². The number of ether oxygens (including phenoxy) is 1. The van der Waals surface area contributed by atoms with E-state index in [1.54, 1.807) is 0 Å². The van der Waals surface area contributed by atoms with Crippen molar-refractivity contribution in [3.63, 3.8) is 0 Å². The Bertz CT molecular complexity index is 660. The summed E-state index contributed by atoms with van der Waals surface area (Å²) in [6, 6.07) is 0. The molecule has 0 radical (unpaired) electrons. The number of carboxylic acid groups (broad SMARTS) is 1. The minimum atomic E-state index is -3.49. The summed E-state index contributed by atoms with van der Waals surface area (Å²) in [7, 11) is -3.49. The maximum Gasteiger partial charge on any atom is 0.311 e. The smallest absolute Gasteiger partial charge is 0.311 e. The fourth-order valence-corrected chi connectivity index (χ4v) is 6.85. The Labute approximate surface area is 186 Å². The van der Waals surface area contributed by atoms with Crippen LogP contribution < -0.4 is 0 Å². The van der Waals surface area contributed by atoms with Gasteiger partial charge in [0.1, 0.15) is 18.7 Å². The molecule has 178 valence electrons. The summed E-state index contributed by atoms with van der Waals surface area (Å²) in [5, 5.41) is 8.74. The molecule has 2 aliphatic rings. The molecule has 5 atom stereocenters. The first kappa shape index (κ1) is 26.2. The number of Topliss-reactive ketones (excluding diaryl/α,β-unsaturated/α-hetero) is 1. The fourth-order valence-electron chi connectivity index (χ4n) is 5.30. The molecule has 0 aromatic heterocycles. The van der Waals surface area contributed by atoms with E-state index in [1.807, 2.05) is 20.8 Å². The zero-order chi connectivity index (χ0) is 23.4. The van der Waals surface area contributed by atoms with Crippen molar-refractivity contribution < 1.29 is 34.0 Å². The number of fused-ring (bicyclic) bond motifs is 1. The van der Waals surface area contributed by atoms with Crippen LogP contribution >= 0.6 is 7.72 Å². The highest BCUT2D eigenvalue weighted by Crippen LogP contribution is 2.55. The third-order valence-corrected chi connectivity index (χ3v) is 9.38. The fraction of sp³-hybridized carbons (Fsp3) is 0.870. The Kier molecular flexibility index (Phi) is 9.06. The van der Waals surface area contributed by atoms with Crippen LogP contribution in [0, 0.1) is 29.1 Å². The van der Waals surface area contributed by atoms with E-state index < -0.39 is 37.5 Å². The van der Waals surface area contributed by atoms with Crippen LogP contribution in [0.4, 0.5) is 0 Å². The van der Waals surface area contributed by atoms with Gasteiger partial charge in [0.15, 0.2) is 11.9 Å². The van der Waals surface area contributed by atoms with E-state index in [4.69, 9.17) is 9.84 Å². The number of aliphatic carboxylic acids is 1. The van der Waals surface area contributed by atoms with Crippen LogP contribution in [0.2, 0.25) is 0 Å². The van der Waals surface area contributed by atoms with Gasteiger partial charge in [0.2, 0.25) is 0 Å². The maximum absolute atomic E-state index is 12.8. The average molecular weight is 460 g/mol. The number of hydrogen-bond acceptors (Lipinski definition) is 6. The second-order valence-corrected chi connectivity index (χ2v) is 12.8. The highest BCUT2D eigenvalue weighted by molar-refractivity contribution is 7.65. The number of hydrogen-bond donors (Lipinski definition) is 3. The number of carbonyl (C=O) groups is 3. The molecule has 0 aliphatic heterocycles. The number of ketones is 1. The minimum Gasteiger partial charge on any atom is -0.481 e. The second-order valence-electron chi connectivity index (χ2n) is 10.3. The quantitative estimate of drug-likeness (QED) is 0.256. The lowest BCUT2D eigenvalue weighted by Gasteiger charge is -2.48. The number of carboxylic acids is 1. The van der Waals surface area contributed by atoms with Gasteiger partial charge in [-0.25, -0.2) is 9.79 Å². The Morgan fingerprint density at radius 3 is 2.39 bits per heavy atom. The largest absolute Gasteiger partial charge is 0.481 e. The Morgan fingerprint density at radius 2 is 1.77 bits per heavy atom. The van der Waals surface area contributed by atoms with Gasteiger partial charge in [-0.2, -0.15) is 0 Å². The molecule has 3 N–H and O–H groups in total. The van der Waals surface area contributed by atoms with E-state index in [0.717, 1.165) is 32.1 Å². The van der Waals surface area contributed by atoms with E-state index in [9.17, 15) is 24.2 Å². The molecule has 2 rings (SSSR count). The van der Waals surface area contributed by atoms with Gasteiger partial charge in [-0.15, -0.1) is 0 Å². The summed E-state index contributed by atoms with van der Waals surface area (Å²) in [6.45, 7) is 7.96. The number of rotatable bonds is 10. The first-order valence-corrected chi connectivity index (χ1v) is 13.7. The van der Waals surface area contributed by atoms with Crippen LogP contribution in [0.25, 0.3) is 0 Å². The molecule has 0 aromatic rings. The lowest BCUT2D eigenvalue weighted by molar-refractivity contribution is -0.171. The number of carbonyl (C=O) groups excluding carboxylic acids is 2. The summed E-state index contributed by atoms with van der Waals surface area (Å²) in [5.74, 6) is -0.838. The molecule has 0 heterocycles. The summed E-state index contributed by atoms with van der Waals surface area (Å²) >= 11 is 0. The van der Waals surface area contributed by atoms with Gasteiger partial charge in [0, 0.05) is 5.92 Å². The lowest BCUT2D eigenvalue weighted by atomic mass is 9.60. The number of esters is 1. The highest BCUT2D eigenvalue weighted by atomic mass is 31.2. The molecule has 7 nitrogen and oxygen atoms in total. The van der Waals surface area contributed by atoms with E-state index in [-0.39, 0.29) is 30.1 Å². The zero-order valence-corrected chi connectivity index (χ0v) is 20.3. The standard InChI is InChI=1S/C23H39O7P/c1-5-23(3,4)22(27)30-19-8-6-7-16-10-9-15(2)18(21(16)19)11-12-31(28,29)14-17(24)13-20(25)26/h15-16,18-19,21,28-29H,5-14H2,1-4H3/p+1/t15-,16+,18-,19-,21+/m1/s1. The van der Waals surface area contributed by atoms with Crippen molar-refractivity contribution in [3.05, 3.63) is 0 Å². The molecule has 0 aromatic carbocycles. The Balaban J connectivity index is 2.10. The van der Waals surface area contributed by atoms with Crippen molar-refractivity contribution in [1.29, 1.82) is 0 Å². The normalized spacial score (nSPS) is 29.2. The Morgan fingerprint density at radius 1 is 1.10 bits per heavy atom. The Hall–Kier alpha value is -1.04. The van der Waals surface area contributed by atoms with Gasteiger partial charge >= 0.3 is 11.9 Å². The molecule has 2 aliphatic carbocycles. The first-order chi connectivity index (χ1) is 14.4. The molecule has 2 saturated carbocycles. The molecule has 0 unspecified atom stereocenters. The zero-order valence-electron chi connectivity index (χ0n) is 19.4. The van der Waals surface area contributed by atoms with Crippen LogP contribution in [0.3, 0.4) is 0 Å². The SMILES string of the molecule is CCC(C)(C)C(=O)O[C@@H]1CCC[C@H]2CC[C@@H](C)[C@@H](CC[P+](O)(O)CC(=O)CC(=O)O)[C@H]21. The van der Waals surface area contributed by atoms with Crippen LogP contribution in [0.1, 0.15) is 79.1 Å². The van der Waals surface area contributed by atoms with E-state index in [1.165, 1.54) is 0 Å². The molecule has 2 fully saturated rings. The van der Waals surface area contributed by atoms with E-state index in [0.29, 0.717) is 24.7 Å². The molecule has 31 heavy (non-hydrogen) atoms. The molecule has 0 amide bonds. The van der Waals surface area contributed by atoms with Gasteiger partial charge in [-0.05, 0) is 70.1 Å². The van der Waals surface area contributed by atoms with Gasteiger partial charge < -0.3 is 9.84 Å². The van der Waals surface area contributed by atoms with Crippen LogP contribution in [-0.4, -0.2) is 51.0 Å². The van der Waals surface area contributed by atoms with Crippen LogP contribution in [0.15, 0.2) is 0 Å². The van der Waals surface area contributed by atoms with Crippen molar-refractivity contribution in [2.75, 3.05) is 12.3 Å². The molecular weight excluding hydrogens is 419 g/mol. The molecule has 0 saturated heterocycles. The van der Waals surface area contributed by atoms with Crippen LogP contribution in [0.5, 0.6) is 0 Å². The van der Waals surface area contributed by atoms with Crippen molar-refractivity contribution >= 4 is 25.4 Å². The van der Waals surface area contributed by atoms with E-state index in [2.05, 4.69) is 6.92 Å². The third kappa shape index (κ3) is 7.23. The predicted molar refractivity (Wildman–Crippen MR) is 120 cm³/mol. The monoisotopic (exact) mass is 459 g/mol. The van der Waals surface area contributed by atoms with Gasteiger partial charge in [0.05, 0.1) is 5.41 Å². The summed E-state index contributed by atoms with van der Waals surface area (Å²) < 4.78 is 6.06. The third-order valence-electron chi connectivity index (χ3n) is 7.55. The van der Waals surface area contributed by atoms with Crippen LogP contribution in [-0.2, 0) is 19.1 Å². The topological polar surface area (TPSA) is 121 Å². The maximum atomic E-state index is 12.8. The van der Waals surface area contributed by atoms with Crippen molar-refractivity contribution in [1.82, 2.24) is 0 Å². The summed E-state index contributed by atoms with van der Waals surface area (Å²) in [4.78, 5) is 56.1. The van der Waals surface area contributed by atoms with Gasteiger partial charge in [-0.1, -0.05) is 20.3 Å². The average Bonchev–Trinajstić information content (AvgIpc) is 2.66. The second kappa shape index (κ2) is 10.7. The van der Waals surface area contributed by atoms with Crippen molar-refractivity contribution in [3.8, 4) is 0 Å². The lowest BCUT2D eigenvalue weighted by Crippen LogP contribution is -2.46. The summed E-state index contributed by atoms with van der Waals surface area (Å²) in [6.07, 6.45) is 5.20. The first-order valence-electron chi connectivity index (χ1n) is 11.6. The van der Waals surface area contributed by atoms with Gasteiger partial charge in [0.25, 0.3) is 7.72 Å². The minimum absolute atomic E-state index is 0.109. The summed E-state index contributed by atoms with van der Waals surface area (Å²) in [5.41, 5.74) is -0.524. The highest BCUT2D eigenvalue weighted by Gasteiger charge is 2.48. The van der Waals surface area contributed by atoms with Crippen molar-refractivity contribution in [2.24, 2.45) is 29.1 Å². The molecular formula is C23H40O7P+. The predicted octanol–water partition coefficient (Wildman–Crippen LogP) is 4.06. The van der Waals surface area contributed by atoms with Crippen molar-refractivity contribution in [2.45, 2.75) is 85.2 Å². The molecule has 8 heteroatoms. The molecule has 0 bridgehead atoms. The van der Waals surface area contributed by atoms with Gasteiger partial charge in [-0.3, -0.25) is 14.4 Å². The molecule has 0 spiro atoms.